The van der Waals surface area contributed by atoms with Crippen LogP contribution in [-0.4, -0.2) is 110 Å². The van der Waals surface area contributed by atoms with Crippen LogP contribution in [0.25, 0.3) is 0 Å². The second-order valence-corrected chi connectivity index (χ2v) is 7.24. The number of rotatable bonds is 10. The van der Waals surface area contributed by atoms with Gasteiger partial charge in [-0.2, -0.15) is 8.42 Å². The summed E-state index contributed by atoms with van der Waals surface area (Å²) >= 11 is 0. The Labute approximate surface area is 149 Å². The fourth-order valence-corrected chi connectivity index (χ4v) is 3.56. The van der Waals surface area contributed by atoms with Crippen LogP contribution in [0.4, 0.5) is 0 Å². The highest BCUT2D eigenvalue weighted by Gasteiger charge is 2.55. The highest BCUT2D eigenvalue weighted by atomic mass is 32.3. The van der Waals surface area contributed by atoms with Crippen molar-refractivity contribution in [2.75, 3.05) is 13.2 Å². The van der Waals surface area contributed by atoms with Crippen molar-refractivity contribution in [2.24, 2.45) is 5.92 Å². The lowest BCUT2D eigenvalue weighted by atomic mass is 9.84. The van der Waals surface area contributed by atoms with Crippen LogP contribution in [0.2, 0.25) is 0 Å². The molecule has 13 heteroatoms. The molecule has 8 atom stereocenters. The third kappa shape index (κ3) is 5.97. The van der Waals surface area contributed by atoms with Gasteiger partial charge in [-0.3, -0.25) is 4.55 Å². The van der Waals surface area contributed by atoms with Gasteiger partial charge in [-0.1, -0.05) is 0 Å². The van der Waals surface area contributed by atoms with Gasteiger partial charge in [-0.05, 0) is 0 Å². The third-order valence-electron chi connectivity index (χ3n) is 4.31. The van der Waals surface area contributed by atoms with Gasteiger partial charge in [0.25, 0.3) is 0 Å². The van der Waals surface area contributed by atoms with Crippen LogP contribution < -0.4 is 0 Å². The maximum absolute atomic E-state index is 10.9. The Bertz CT molecular complexity index is 527. The Kier molecular flexibility index (Phi) is 8.63. The van der Waals surface area contributed by atoms with Crippen molar-refractivity contribution in [3.63, 3.8) is 0 Å². The zero-order valence-electron chi connectivity index (χ0n) is 13.6. The number of hydrogen-bond acceptors (Lipinski definition) is 11. The summed E-state index contributed by atoms with van der Waals surface area (Å²) < 4.78 is 34.8. The van der Waals surface area contributed by atoms with Crippen LogP contribution in [0, 0.1) is 11.8 Å². The molecule has 0 saturated heterocycles. The molecule has 1 aliphatic rings. The maximum Gasteiger partial charge on any atom is 0.397 e. The molecule has 0 aromatic rings. The lowest BCUT2D eigenvalue weighted by Crippen LogP contribution is -2.49. The van der Waals surface area contributed by atoms with Gasteiger partial charge in [-0.15, -0.1) is 0 Å². The lowest BCUT2D eigenvalue weighted by molar-refractivity contribution is -0.107. The van der Waals surface area contributed by atoms with Crippen LogP contribution in [0.15, 0.2) is 0 Å². The minimum atomic E-state index is -5.15. The molecule has 9 N–H and O–H groups in total. The monoisotopic (exact) mass is 405 g/mol. The van der Waals surface area contributed by atoms with E-state index in [9.17, 15) is 39.1 Å². The molecule has 0 heterocycles. The second-order valence-electron chi connectivity index (χ2n) is 6.20. The molecular formula is C13H25O12S+. The van der Waals surface area contributed by atoms with E-state index in [1.54, 1.807) is 0 Å². The first-order valence-corrected chi connectivity index (χ1v) is 9.09. The smallest absolute Gasteiger partial charge is 0.394 e. The first-order chi connectivity index (χ1) is 11.9. The second kappa shape index (κ2) is 9.57. The van der Waals surface area contributed by atoms with Gasteiger partial charge in [0, 0.05) is 0 Å². The van der Waals surface area contributed by atoms with Crippen molar-refractivity contribution in [1.82, 2.24) is 0 Å². The van der Waals surface area contributed by atoms with Crippen LogP contribution in [-0.2, 0) is 14.6 Å². The van der Waals surface area contributed by atoms with Crippen LogP contribution in [0.5, 0.6) is 0 Å². The van der Waals surface area contributed by atoms with E-state index in [0.717, 1.165) is 0 Å². The average molecular weight is 405 g/mol. The maximum atomic E-state index is 10.9. The number of aliphatic hydroxyl groups is 8. The van der Waals surface area contributed by atoms with Gasteiger partial charge in [0.2, 0.25) is 0 Å². The van der Waals surface area contributed by atoms with Crippen molar-refractivity contribution < 1.29 is 58.0 Å². The first-order valence-electron chi connectivity index (χ1n) is 7.73. The molecule has 0 amide bonds. The van der Waals surface area contributed by atoms with Gasteiger partial charge >= 0.3 is 10.4 Å². The molecule has 0 aliphatic heterocycles. The fraction of sp³-hybridized carbons (Fsp3) is 0.923. The Morgan fingerprint density at radius 1 is 1.04 bits per heavy atom. The highest BCUT2D eigenvalue weighted by Crippen LogP contribution is 2.40. The van der Waals surface area contributed by atoms with Crippen molar-refractivity contribution in [2.45, 2.75) is 55.6 Å². The van der Waals surface area contributed by atoms with Gasteiger partial charge < -0.3 is 40.9 Å². The van der Waals surface area contributed by atoms with Gasteiger partial charge in [0.05, 0.1) is 13.2 Å². The largest absolute Gasteiger partial charge is 0.397 e. The summed E-state index contributed by atoms with van der Waals surface area (Å²) in [5, 5.41) is 76.8. The number of aliphatic hydroxyl groups excluding tert-OH is 8. The summed E-state index contributed by atoms with van der Waals surface area (Å²) in [6.07, 6.45) is -12.9. The van der Waals surface area contributed by atoms with E-state index in [0.29, 0.717) is 0 Å². The molecule has 0 bridgehead atoms. The van der Waals surface area contributed by atoms with Crippen molar-refractivity contribution in [3.05, 3.63) is 5.92 Å². The Morgan fingerprint density at radius 3 is 2.08 bits per heavy atom. The van der Waals surface area contributed by atoms with Crippen molar-refractivity contribution in [3.8, 4) is 0 Å². The summed E-state index contributed by atoms with van der Waals surface area (Å²) in [4.78, 5) is 0. The fourth-order valence-electron chi connectivity index (χ4n) is 3.04. The zero-order chi connectivity index (χ0) is 20.2. The number of hydrogen-bond donors (Lipinski definition) is 9. The Morgan fingerprint density at radius 2 is 1.62 bits per heavy atom. The quantitative estimate of drug-likeness (QED) is 0.123. The molecular weight excluding hydrogens is 380 g/mol. The van der Waals surface area contributed by atoms with E-state index in [-0.39, 0.29) is 12.3 Å². The summed E-state index contributed by atoms with van der Waals surface area (Å²) in [5.41, 5.74) is 0. The molecule has 1 rings (SSSR count). The molecule has 1 fully saturated rings. The van der Waals surface area contributed by atoms with E-state index >= 15 is 0 Å². The van der Waals surface area contributed by atoms with Crippen LogP contribution in [0.3, 0.4) is 0 Å². The molecule has 0 aromatic heterocycles. The van der Waals surface area contributed by atoms with Crippen LogP contribution >= 0.6 is 0 Å². The highest BCUT2D eigenvalue weighted by molar-refractivity contribution is 7.80. The van der Waals surface area contributed by atoms with Gasteiger partial charge in [-0.25, -0.2) is 4.18 Å². The Balaban J connectivity index is 2.98. The van der Waals surface area contributed by atoms with Gasteiger partial charge in [0.15, 0.2) is 5.92 Å². The van der Waals surface area contributed by atoms with Crippen molar-refractivity contribution >= 4 is 10.4 Å². The van der Waals surface area contributed by atoms with Gasteiger partial charge in [0.1, 0.15) is 61.5 Å². The topological polar surface area (TPSA) is 225 Å². The third-order valence-corrected chi connectivity index (χ3v) is 4.77. The molecule has 12 nitrogen and oxygen atoms in total. The minimum Gasteiger partial charge on any atom is -0.394 e. The average Bonchev–Trinajstić information content (AvgIpc) is 2.83. The summed E-state index contributed by atoms with van der Waals surface area (Å²) in [6.45, 7) is -1.76. The normalized spacial score (nSPS) is 30.0. The molecule has 0 spiro atoms. The summed E-state index contributed by atoms with van der Waals surface area (Å²) in [6, 6.07) is 0. The van der Waals surface area contributed by atoms with E-state index < -0.39 is 78.7 Å². The van der Waals surface area contributed by atoms with Crippen LogP contribution in [0.1, 0.15) is 12.8 Å². The molecule has 1 aliphatic carbocycles. The lowest BCUT2D eigenvalue weighted by Gasteiger charge is -2.28. The predicted octanol–water partition coefficient (Wildman–Crippen LogP) is -4.69. The molecule has 154 valence electrons. The molecule has 0 radical (unpaired) electrons. The van der Waals surface area contributed by atoms with E-state index in [1.807, 2.05) is 0 Å². The Hall–Kier alpha value is -0.580. The zero-order valence-corrected chi connectivity index (χ0v) is 14.4. The van der Waals surface area contributed by atoms with E-state index in [2.05, 4.69) is 4.18 Å². The molecule has 0 unspecified atom stereocenters. The summed E-state index contributed by atoms with van der Waals surface area (Å²) in [5.74, 6) is -0.996. The first kappa shape index (κ1) is 23.5. The summed E-state index contributed by atoms with van der Waals surface area (Å²) in [7, 11) is -5.15. The van der Waals surface area contributed by atoms with E-state index in [4.69, 9.17) is 14.8 Å². The standard InChI is InChI=1S/C13H24O12S/c14-3-8(18)10-5(1-6(16)11(10)20)2-7(17)13(25-26(22,23)24)12(21)9(19)4-15/h6-21H,1-4H2/p+1/t6-,7-,8+,9+,10+,11-,12+,13+/m0/s1. The van der Waals surface area contributed by atoms with E-state index in [1.165, 1.54) is 0 Å². The molecule has 1 saturated carbocycles. The SMILES string of the molecule is O=S(=O)(O)O[C@@H]([C@H](O)[C@H](O)CO)[C@@H](O)C[C+]1C[C@H](O)[C@H](O)[C@H]1[C@H](O)CO. The molecule has 0 aromatic carbocycles. The molecule has 26 heavy (non-hydrogen) atoms. The minimum absolute atomic E-state index is 0.147. The van der Waals surface area contributed by atoms with Crippen molar-refractivity contribution in [1.29, 1.82) is 0 Å². The predicted molar refractivity (Wildman–Crippen MR) is 82.6 cm³/mol.